The summed E-state index contributed by atoms with van der Waals surface area (Å²) in [5.74, 6) is -0.481. The van der Waals surface area contributed by atoms with Crippen molar-refractivity contribution in [2.75, 3.05) is 6.54 Å². The summed E-state index contributed by atoms with van der Waals surface area (Å²) in [5.41, 5.74) is 4.02. The summed E-state index contributed by atoms with van der Waals surface area (Å²) in [6.07, 6.45) is 1.54. The highest BCUT2D eigenvalue weighted by Crippen LogP contribution is 2.55. The predicted molar refractivity (Wildman–Crippen MR) is 125 cm³/mol. The number of ether oxygens (including phenoxy) is 1. The van der Waals surface area contributed by atoms with Crippen molar-refractivity contribution in [3.05, 3.63) is 102 Å². The second kappa shape index (κ2) is 10.3. The smallest absolute Gasteiger partial charge is 0.247 e. The number of hydroxylamine groups is 1. The van der Waals surface area contributed by atoms with Crippen LogP contribution in [0.1, 0.15) is 23.1 Å². The molecule has 2 unspecified atom stereocenters. The molecule has 3 aromatic rings. The number of amides is 2. The van der Waals surface area contributed by atoms with Crippen molar-refractivity contribution in [2.24, 2.45) is 11.3 Å². The lowest BCUT2D eigenvalue weighted by Gasteiger charge is -2.18. The van der Waals surface area contributed by atoms with Crippen molar-refractivity contribution in [3.8, 4) is 5.75 Å². The molecule has 0 aromatic heterocycles. The summed E-state index contributed by atoms with van der Waals surface area (Å²) < 4.78 is 5.84. The Balaban J connectivity index is 1.37. The molecule has 6 nitrogen and oxygen atoms in total. The van der Waals surface area contributed by atoms with Crippen molar-refractivity contribution in [2.45, 2.75) is 25.9 Å². The SMILES string of the molecule is O=C(NO)C1CC1(Cc1ccc(OCc2ccccc2)cc1)C(=O)NCCc1ccccc1. The molecule has 6 heteroatoms. The molecular weight excluding hydrogens is 416 g/mol. The van der Waals surface area contributed by atoms with E-state index in [0.717, 1.165) is 22.4 Å². The van der Waals surface area contributed by atoms with Crippen LogP contribution in [0.15, 0.2) is 84.9 Å². The summed E-state index contributed by atoms with van der Waals surface area (Å²) in [6.45, 7) is 0.969. The molecule has 1 fully saturated rings. The van der Waals surface area contributed by atoms with Gasteiger partial charge in [-0.3, -0.25) is 14.8 Å². The fourth-order valence-corrected chi connectivity index (χ4v) is 4.20. The lowest BCUT2D eigenvalue weighted by Crippen LogP contribution is -2.38. The molecule has 170 valence electrons. The fraction of sp³-hybridized carbons (Fsp3) is 0.259. The van der Waals surface area contributed by atoms with E-state index in [9.17, 15) is 9.59 Å². The van der Waals surface area contributed by atoms with E-state index in [2.05, 4.69) is 5.32 Å². The third-order valence-electron chi connectivity index (χ3n) is 6.19. The van der Waals surface area contributed by atoms with Crippen LogP contribution in [0.5, 0.6) is 5.75 Å². The normalized spacial score (nSPS) is 18.9. The van der Waals surface area contributed by atoms with Gasteiger partial charge in [-0.15, -0.1) is 0 Å². The first-order chi connectivity index (χ1) is 16.1. The van der Waals surface area contributed by atoms with Gasteiger partial charge in [0.05, 0.1) is 11.3 Å². The number of carbonyl (C=O) groups excluding carboxylic acids is 2. The first-order valence-corrected chi connectivity index (χ1v) is 11.1. The van der Waals surface area contributed by atoms with E-state index in [1.165, 1.54) is 0 Å². The van der Waals surface area contributed by atoms with Crippen molar-refractivity contribution >= 4 is 11.8 Å². The van der Waals surface area contributed by atoms with E-state index in [-0.39, 0.29) is 5.91 Å². The molecule has 1 aliphatic rings. The van der Waals surface area contributed by atoms with Crippen LogP contribution in [0, 0.1) is 11.3 Å². The number of benzene rings is 3. The molecule has 33 heavy (non-hydrogen) atoms. The monoisotopic (exact) mass is 444 g/mol. The van der Waals surface area contributed by atoms with Crippen LogP contribution >= 0.6 is 0 Å². The van der Waals surface area contributed by atoms with Gasteiger partial charge in [0.2, 0.25) is 11.8 Å². The highest BCUT2D eigenvalue weighted by molar-refractivity contribution is 5.95. The Morgan fingerprint density at radius 1 is 0.879 bits per heavy atom. The maximum atomic E-state index is 13.1. The van der Waals surface area contributed by atoms with E-state index in [1.54, 1.807) is 5.48 Å². The number of rotatable bonds is 10. The Hall–Kier alpha value is -3.64. The second-order valence-electron chi connectivity index (χ2n) is 8.48. The fourth-order valence-electron chi connectivity index (χ4n) is 4.20. The third-order valence-corrected chi connectivity index (χ3v) is 6.19. The zero-order chi connectivity index (χ0) is 23.1. The molecule has 0 aliphatic heterocycles. The van der Waals surface area contributed by atoms with Gasteiger partial charge in [0.15, 0.2) is 0 Å². The van der Waals surface area contributed by atoms with Gasteiger partial charge in [0, 0.05) is 6.54 Å². The highest BCUT2D eigenvalue weighted by Gasteiger charge is 2.63. The standard InChI is InChI=1S/C27H28N2O4/c30-25(29-32)24-18-27(24,26(31)28-16-15-20-7-3-1-4-8-20)17-21-11-13-23(14-12-21)33-19-22-9-5-2-6-10-22/h1-14,24,32H,15-19H2,(H,28,31)(H,29,30). The first kappa shape index (κ1) is 22.6. The lowest BCUT2D eigenvalue weighted by atomic mass is 9.92. The topological polar surface area (TPSA) is 87.7 Å². The van der Waals surface area contributed by atoms with Gasteiger partial charge < -0.3 is 10.1 Å². The summed E-state index contributed by atoms with van der Waals surface area (Å²) >= 11 is 0. The molecular formula is C27H28N2O4. The van der Waals surface area contributed by atoms with Crippen molar-refractivity contribution in [1.29, 1.82) is 0 Å². The van der Waals surface area contributed by atoms with Crippen LogP contribution in [-0.4, -0.2) is 23.6 Å². The van der Waals surface area contributed by atoms with Gasteiger partial charge in [-0.1, -0.05) is 72.8 Å². The summed E-state index contributed by atoms with van der Waals surface area (Å²) in [4.78, 5) is 25.2. The molecule has 3 N–H and O–H groups in total. The molecule has 2 atom stereocenters. The lowest BCUT2D eigenvalue weighted by molar-refractivity contribution is -0.135. The molecule has 0 bridgehead atoms. The predicted octanol–water partition coefficient (Wildman–Crippen LogP) is 3.68. The highest BCUT2D eigenvalue weighted by atomic mass is 16.5. The van der Waals surface area contributed by atoms with Crippen molar-refractivity contribution < 1.29 is 19.5 Å². The molecule has 2 amide bonds. The number of hydrogen-bond acceptors (Lipinski definition) is 4. The maximum Gasteiger partial charge on any atom is 0.247 e. The maximum absolute atomic E-state index is 13.1. The Kier molecular flexibility index (Phi) is 7.05. The molecule has 0 saturated heterocycles. The van der Waals surface area contributed by atoms with E-state index >= 15 is 0 Å². The molecule has 0 radical (unpaired) electrons. The van der Waals surface area contributed by atoms with Gasteiger partial charge in [0.1, 0.15) is 12.4 Å². The molecule has 1 aliphatic carbocycles. The van der Waals surface area contributed by atoms with Crippen LogP contribution in [0.4, 0.5) is 0 Å². The Bertz CT molecular complexity index is 1070. The quantitative estimate of drug-likeness (QED) is 0.329. The van der Waals surface area contributed by atoms with E-state index in [4.69, 9.17) is 9.94 Å². The summed E-state index contributed by atoms with van der Waals surface area (Å²) in [5, 5.41) is 12.1. The van der Waals surface area contributed by atoms with Crippen LogP contribution in [0.25, 0.3) is 0 Å². The average molecular weight is 445 g/mol. The molecule has 1 saturated carbocycles. The minimum atomic E-state index is -0.851. The van der Waals surface area contributed by atoms with Gasteiger partial charge in [-0.25, -0.2) is 5.48 Å². The van der Waals surface area contributed by atoms with Gasteiger partial charge in [-0.05, 0) is 48.1 Å². The second-order valence-corrected chi connectivity index (χ2v) is 8.48. The summed E-state index contributed by atoms with van der Waals surface area (Å²) in [6, 6.07) is 27.4. The number of hydrogen-bond donors (Lipinski definition) is 3. The van der Waals surface area contributed by atoms with Crippen molar-refractivity contribution in [3.63, 3.8) is 0 Å². The molecule has 0 spiro atoms. The largest absolute Gasteiger partial charge is 0.489 e. The average Bonchev–Trinajstić information content (AvgIpc) is 3.59. The zero-order valence-electron chi connectivity index (χ0n) is 18.4. The Morgan fingerprint density at radius 3 is 2.15 bits per heavy atom. The minimum absolute atomic E-state index is 0.156. The molecule has 3 aromatic carbocycles. The van der Waals surface area contributed by atoms with E-state index < -0.39 is 17.2 Å². The Morgan fingerprint density at radius 2 is 1.52 bits per heavy atom. The Labute approximate surface area is 193 Å². The number of nitrogens with one attached hydrogen (secondary N) is 2. The minimum Gasteiger partial charge on any atom is -0.489 e. The van der Waals surface area contributed by atoms with Crippen molar-refractivity contribution in [1.82, 2.24) is 10.8 Å². The first-order valence-electron chi connectivity index (χ1n) is 11.1. The molecule has 0 heterocycles. The van der Waals surface area contributed by atoms with Gasteiger partial charge in [-0.2, -0.15) is 0 Å². The van der Waals surface area contributed by atoms with Gasteiger partial charge >= 0.3 is 0 Å². The van der Waals surface area contributed by atoms with E-state index in [1.807, 2.05) is 84.9 Å². The van der Waals surface area contributed by atoms with Crippen LogP contribution < -0.4 is 15.5 Å². The summed E-state index contributed by atoms with van der Waals surface area (Å²) in [7, 11) is 0. The van der Waals surface area contributed by atoms with Crippen LogP contribution in [0.2, 0.25) is 0 Å². The number of carbonyl (C=O) groups is 2. The van der Waals surface area contributed by atoms with E-state index in [0.29, 0.717) is 32.4 Å². The van der Waals surface area contributed by atoms with Gasteiger partial charge in [0.25, 0.3) is 0 Å². The third kappa shape index (κ3) is 5.59. The molecule has 4 rings (SSSR count). The zero-order valence-corrected chi connectivity index (χ0v) is 18.4. The van der Waals surface area contributed by atoms with Crippen LogP contribution in [-0.2, 0) is 29.0 Å². The van der Waals surface area contributed by atoms with Crippen LogP contribution in [0.3, 0.4) is 0 Å².